The zero-order valence-electron chi connectivity index (χ0n) is 13.6. The van der Waals surface area contributed by atoms with Crippen molar-refractivity contribution in [1.29, 1.82) is 0 Å². The van der Waals surface area contributed by atoms with Gasteiger partial charge in [0.05, 0.1) is 10.6 Å². The first-order chi connectivity index (χ1) is 12.6. The molecule has 1 aromatic carbocycles. The SMILES string of the molecule is CCS(=O)(=O)c1ccc(C=O)nc1-c1nc2cc(SC(F)(F)F)ccc2o1. The number of fused-ring (bicyclic) bond motifs is 1. The summed E-state index contributed by atoms with van der Waals surface area (Å²) in [5.41, 5.74) is -4.38. The number of rotatable bonds is 5. The number of benzene rings is 1. The molecule has 0 fully saturated rings. The number of aromatic nitrogens is 2. The zero-order chi connectivity index (χ0) is 19.8. The number of carbonyl (C=O) groups is 1. The summed E-state index contributed by atoms with van der Waals surface area (Å²) in [6, 6.07) is 6.18. The van der Waals surface area contributed by atoms with E-state index in [1.807, 2.05) is 0 Å². The van der Waals surface area contributed by atoms with Crippen molar-refractivity contribution in [2.75, 3.05) is 5.75 Å². The number of aldehydes is 1. The van der Waals surface area contributed by atoms with Crippen molar-refractivity contribution in [2.24, 2.45) is 0 Å². The van der Waals surface area contributed by atoms with E-state index in [2.05, 4.69) is 9.97 Å². The number of pyridine rings is 1. The highest BCUT2D eigenvalue weighted by Crippen LogP contribution is 2.38. The number of sulfone groups is 1. The Kier molecular flexibility index (Phi) is 5.00. The van der Waals surface area contributed by atoms with Crippen LogP contribution in [0.3, 0.4) is 0 Å². The van der Waals surface area contributed by atoms with Crippen molar-refractivity contribution >= 4 is 39.0 Å². The average molecular weight is 416 g/mol. The summed E-state index contributed by atoms with van der Waals surface area (Å²) in [6.45, 7) is 1.44. The van der Waals surface area contributed by atoms with Crippen LogP contribution in [-0.4, -0.2) is 35.9 Å². The number of halogens is 3. The predicted molar refractivity (Wildman–Crippen MR) is 92.3 cm³/mol. The summed E-state index contributed by atoms with van der Waals surface area (Å²) in [5.74, 6) is -0.413. The molecule has 0 unspecified atom stereocenters. The van der Waals surface area contributed by atoms with Gasteiger partial charge in [0, 0.05) is 4.90 Å². The van der Waals surface area contributed by atoms with Crippen molar-refractivity contribution in [3.63, 3.8) is 0 Å². The Bertz CT molecular complexity index is 1120. The molecule has 3 rings (SSSR count). The van der Waals surface area contributed by atoms with Crippen molar-refractivity contribution in [1.82, 2.24) is 9.97 Å². The van der Waals surface area contributed by atoms with Crippen molar-refractivity contribution < 1.29 is 30.8 Å². The van der Waals surface area contributed by atoms with Gasteiger partial charge >= 0.3 is 5.51 Å². The molecule has 0 aliphatic rings. The summed E-state index contributed by atoms with van der Waals surface area (Å²) in [4.78, 5) is 18.8. The Hall–Kier alpha value is -2.40. The van der Waals surface area contributed by atoms with E-state index in [9.17, 15) is 26.4 Å². The Morgan fingerprint density at radius 1 is 1.19 bits per heavy atom. The van der Waals surface area contributed by atoms with Gasteiger partial charge in [0.2, 0.25) is 5.89 Å². The van der Waals surface area contributed by atoms with Crippen molar-refractivity contribution in [2.45, 2.75) is 22.2 Å². The first-order valence-electron chi connectivity index (χ1n) is 7.48. The number of carbonyl (C=O) groups excluding carboxylic acids is 1. The quantitative estimate of drug-likeness (QED) is 0.457. The molecular formula is C16H11F3N2O4S2. The Morgan fingerprint density at radius 3 is 2.56 bits per heavy atom. The standard InChI is InChI=1S/C16H11F3N2O4S2/c1-2-27(23,24)13-6-3-9(8-22)20-14(13)15-21-11-7-10(26-16(17,18)19)4-5-12(11)25-15/h3-8H,2H2,1H3. The Balaban J connectivity index is 2.16. The monoisotopic (exact) mass is 416 g/mol. The molecule has 0 saturated carbocycles. The van der Waals surface area contributed by atoms with E-state index in [0.717, 1.165) is 0 Å². The molecule has 11 heteroatoms. The van der Waals surface area contributed by atoms with Gasteiger partial charge in [-0.1, -0.05) is 6.92 Å². The molecule has 0 aliphatic heterocycles. The second-order valence-corrected chi connectivity index (χ2v) is 8.69. The average Bonchev–Trinajstić information content (AvgIpc) is 3.03. The minimum atomic E-state index is -4.46. The van der Waals surface area contributed by atoms with E-state index in [-0.39, 0.29) is 55.7 Å². The summed E-state index contributed by atoms with van der Waals surface area (Å²) < 4.78 is 67.6. The number of hydrogen-bond acceptors (Lipinski definition) is 7. The van der Waals surface area contributed by atoms with E-state index in [4.69, 9.17) is 4.42 Å². The molecule has 0 spiro atoms. The fourth-order valence-corrected chi connectivity index (χ4v) is 3.88. The minimum Gasteiger partial charge on any atom is -0.435 e. The largest absolute Gasteiger partial charge is 0.446 e. The number of oxazole rings is 1. The van der Waals surface area contributed by atoms with Crippen molar-refractivity contribution in [3.8, 4) is 11.6 Å². The third kappa shape index (κ3) is 4.14. The third-order valence-corrected chi connectivity index (χ3v) is 5.99. The first kappa shape index (κ1) is 19.4. The van der Waals surface area contributed by atoms with Crippen LogP contribution in [0.25, 0.3) is 22.7 Å². The maximum atomic E-state index is 12.5. The van der Waals surface area contributed by atoms with Crippen LogP contribution in [0.15, 0.2) is 44.5 Å². The van der Waals surface area contributed by atoms with Crippen LogP contribution in [0.5, 0.6) is 0 Å². The molecule has 0 amide bonds. The molecule has 0 radical (unpaired) electrons. The van der Waals surface area contributed by atoms with Gasteiger partial charge in [-0.05, 0) is 42.1 Å². The topological polar surface area (TPSA) is 90.1 Å². The van der Waals surface area contributed by atoms with Crippen LogP contribution in [-0.2, 0) is 9.84 Å². The lowest BCUT2D eigenvalue weighted by Gasteiger charge is -2.06. The molecule has 27 heavy (non-hydrogen) atoms. The highest BCUT2D eigenvalue weighted by molar-refractivity contribution is 8.00. The molecule has 6 nitrogen and oxygen atoms in total. The molecule has 2 aromatic heterocycles. The first-order valence-corrected chi connectivity index (χ1v) is 9.95. The fraction of sp³-hybridized carbons (Fsp3) is 0.188. The van der Waals surface area contributed by atoms with Gasteiger partial charge < -0.3 is 4.42 Å². The normalized spacial score (nSPS) is 12.4. The Labute approximate surface area is 155 Å². The summed E-state index contributed by atoms with van der Waals surface area (Å²) >= 11 is -0.302. The third-order valence-electron chi connectivity index (χ3n) is 3.51. The van der Waals surface area contributed by atoms with Crippen LogP contribution in [0.4, 0.5) is 13.2 Å². The summed E-state index contributed by atoms with van der Waals surface area (Å²) in [7, 11) is -3.70. The van der Waals surface area contributed by atoms with Gasteiger partial charge in [-0.15, -0.1) is 0 Å². The molecule has 142 valence electrons. The maximum absolute atomic E-state index is 12.5. The van der Waals surface area contributed by atoms with Crippen LogP contribution >= 0.6 is 11.8 Å². The van der Waals surface area contributed by atoms with Crippen LogP contribution < -0.4 is 0 Å². The van der Waals surface area contributed by atoms with Crippen LogP contribution in [0.2, 0.25) is 0 Å². The van der Waals surface area contributed by atoms with Gasteiger partial charge in [0.25, 0.3) is 0 Å². The van der Waals surface area contributed by atoms with E-state index in [1.54, 1.807) is 0 Å². The molecule has 2 heterocycles. The molecule has 0 aliphatic carbocycles. The van der Waals surface area contributed by atoms with Crippen molar-refractivity contribution in [3.05, 3.63) is 36.0 Å². The van der Waals surface area contributed by atoms with Gasteiger partial charge in [0.15, 0.2) is 21.7 Å². The molecular weight excluding hydrogens is 405 g/mol. The number of thioether (sulfide) groups is 1. The highest BCUT2D eigenvalue weighted by atomic mass is 32.2. The lowest BCUT2D eigenvalue weighted by Crippen LogP contribution is -2.08. The van der Waals surface area contributed by atoms with Crippen LogP contribution in [0, 0.1) is 0 Å². The lowest BCUT2D eigenvalue weighted by atomic mass is 10.3. The molecule has 0 saturated heterocycles. The smallest absolute Gasteiger partial charge is 0.435 e. The Morgan fingerprint density at radius 2 is 1.93 bits per heavy atom. The molecule has 0 atom stereocenters. The maximum Gasteiger partial charge on any atom is 0.446 e. The second kappa shape index (κ2) is 6.97. The zero-order valence-corrected chi connectivity index (χ0v) is 15.3. The lowest BCUT2D eigenvalue weighted by molar-refractivity contribution is -0.0328. The second-order valence-electron chi connectivity index (χ2n) is 5.30. The number of alkyl halides is 3. The summed E-state index contributed by atoms with van der Waals surface area (Å²) in [5, 5.41) is 0. The number of hydrogen-bond donors (Lipinski definition) is 0. The minimum absolute atomic E-state index is 0.0318. The summed E-state index contributed by atoms with van der Waals surface area (Å²) in [6.07, 6.45) is 0.437. The van der Waals surface area contributed by atoms with Gasteiger partial charge in [-0.25, -0.2) is 18.4 Å². The van der Waals surface area contributed by atoms with E-state index < -0.39 is 15.3 Å². The molecule has 3 aromatic rings. The number of nitrogens with zero attached hydrogens (tertiary/aromatic N) is 2. The van der Waals surface area contributed by atoms with Crippen LogP contribution in [0.1, 0.15) is 17.4 Å². The van der Waals surface area contributed by atoms with Gasteiger partial charge in [-0.2, -0.15) is 13.2 Å². The molecule has 0 N–H and O–H groups in total. The van der Waals surface area contributed by atoms with E-state index in [1.165, 1.54) is 37.3 Å². The van der Waals surface area contributed by atoms with Gasteiger partial charge in [0.1, 0.15) is 16.9 Å². The van der Waals surface area contributed by atoms with Gasteiger partial charge in [-0.3, -0.25) is 4.79 Å². The molecule has 0 bridgehead atoms. The van der Waals surface area contributed by atoms with E-state index >= 15 is 0 Å². The highest BCUT2D eigenvalue weighted by Gasteiger charge is 2.29. The fourth-order valence-electron chi connectivity index (χ4n) is 2.29. The van der Waals surface area contributed by atoms with E-state index in [0.29, 0.717) is 6.29 Å². The predicted octanol–water partition coefficient (Wildman–Crippen LogP) is 4.11.